The van der Waals surface area contributed by atoms with Gasteiger partial charge in [-0.1, -0.05) is 0 Å². The van der Waals surface area contributed by atoms with Gasteiger partial charge in [0.1, 0.15) is 0 Å². The molecule has 0 unspecified atom stereocenters. The minimum absolute atomic E-state index is 0.224. The number of nitrogens with zero attached hydrogens (tertiary/aromatic N) is 1. The van der Waals surface area contributed by atoms with E-state index in [1.165, 1.54) is 0 Å². The molecule has 0 fully saturated rings. The Kier molecular flexibility index (Phi) is 7.65. The monoisotopic (exact) mass is 414 g/mol. The zero-order valence-corrected chi connectivity index (χ0v) is 15.5. The first-order valence-corrected chi connectivity index (χ1v) is 12.8. The molecule has 0 aliphatic carbocycles. The molecule has 0 amide bonds. The van der Waals surface area contributed by atoms with Crippen molar-refractivity contribution in [2.75, 3.05) is 0 Å². The molecule has 1 heterocycles. The average Bonchev–Trinajstić information content (AvgIpc) is 2.38. The number of hydrogen-bond acceptors (Lipinski definition) is 1. The van der Waals surface area contributed by atoms with Gasteiger partial charge in [-0.25, -0.2) is 0 Å². The number of aromatic nitrogens is 1. The molecule has 113 valence electrons. The third kappa shape index (κ3) is 5.43. The van der Waals surface area contributed by atoms with Gasteiger partial charge in [0.25, 0.3) is 0 Å². The molecule has 1 rings (SSSR count). The van der Waals surface area contributed by atoms with E-state index in [1.54, 1.807) is 0 Å². The van der Waals surface area contributed by atoms with Gasteiger partial charge in [-0.05, 0) is 0 Å². The summed E-state index contributed by atoms with van der Waals surface area (Å²) in [6.07, 6.45) is 1.03. The van der Waals surface area contributed by atoms with Gasteiger partial charge in [-0.15, -0.1) is 0 Å². The Hall–Kier alpha value is 0.0287. The molecular formula is C14H20ClF3NSn. The second kappa shape index (κ2) is 8.47. The van der Waals surface area contributed by atoms with Crippen LogP contribution < -0.4 is 3.71 Å². The molecule has 0 atom stereocenters. The summed E-state index contributed by atoms with van der Waals surface area (Å²) >= 11 is 4.10. The molecule has 0 aliphatic rings. The van der Waals surface area contributed by atoms with Crippen LogP contribution >= 0.6 is 11.6 Å². The first-order valence-electron chi connectivity index (χ1n) is 6.98. The quantitative estimate of drug-likeness (QED) is 0.570. The Labute approximate surface area is 130 Å². The molecule has 1 aromatic heterocycles. The van der Waals surface area contributed by atoms with E-state index in [-0.39, 0.29) is 5.02 Å². The summed E-state index contributed by atoms with van der Waals surface area (Å²) in [5, 5.41) is 0.224. The number of rotatable bonds is 7. The van der Waals surface area contributed by atoms with Crippen molar-refractivity contribution in [3.8, 4) is 0 Å². The van der Waals surface area contributed by atoms with Gasteiger partial charge in [0, 0.05) is 0 Å². The Morgan fingerprint density at radius 2 is 1.70 bits per heavy atom. The van der Waals surface area contributed by atoms with E-state index in [2.05, 4.69) is 18.8 Å². The van der Waals surface area contributed by atoms with Gasteiger partial charge in [0.05, 0.1) is 0 Å². The fourth-order valence-corrected chi connectivity index (χ4v) is 11.5. The normalized spacial score (nSPS) is 12.2. The molecule has 0 spiro atoms. The second-order valence-electron chi connectivity index (χ2n) is 4.86. The summed E-state index contributed by atoms with van der Waals surface area (Å²) in [4.78, 5) is 4.09. The first kappa shape index (κ1) is 18.1. The number of halogens is 4. The Balaban J connectivity index is 2.95. The molecule has 20 heavy (non-hydrogen) atoms. The van der Waals surface area contributed by atoms with Gasteiger partial charge >= 0.3 is 131 Å². The third-order valence-corrected chi connectivity index (χ3v) is 12.4. The summed E-state index contributed by atoms with van der Waals surface area (Å²) < 4.78 is 40.9. The molecule has 1 radical (unpaired) electrons. The van der Waals surface area contributed by atoms with Crippen molar-refractivity contribution >= 4 is 35.1 Å². The van der Waals surface area contributed by atoms with Crippen LogP contribution in [0.4, 0.5) is 13.2 Å². The fraction of sp³-hybridized carbons (Fsp3) is 0.643. The van der Waals surface area contributed by atoms with Crippen LogP contribution in [0.5, 0.6) is 0 Å². The van der Waals surface area contributed by atoms with Crippen LogP contribution in [0, 0.1) is 0 Å². The molecule has 1 nitrogen and oxygen atoms in total. The van der Waals surface area contributed by atoms with E-state index in [9.17, 15) is 13.2 Å². The van der Waals surface area contributed by atoms with Crippen molar-refractivity contribution in [3.05, 3.63) is 22.8 Å². The summed E-state index contributed by atoms with van der Waals surface area (Å²) in [7, 11) is 0. The molecule has 0 saturated heterocycles. The predicted molar refractivity (Wildman–Crippen MR) is 79.1 cm³/mol. The van der Waals surface area contributed by atoms with Crippen LogP contribution in [0.3, 0.4) is 0 Å². The minimum atomic E-state index is -4.37. The van der Waals surface area contributed by atoms with Crippen molar-refractivity contribution in [1.29, 1.82) is 0 Å². The molecular weight excluding hydrogens is 393 g/mol. The van der Waals surface area contributed by atoms with Crippen LogP contribution in [-0.4, -0.2) is 24.7 Å². The van der Waals surface area contributed by atoms with E-state index in [0.717, 1.165) is 50.5 Å². The zero-order valence-electron chi connectivity index (χ0n) is 11.9. The molecule has 0 saturated carbocycles. The van der Waals surface area contributed by atoms with Gasteiger partial charge in [0.2, 0.25) is 0 Å². The summed E-state index contributed by atoms with van der Waals surface area (Å²) in [6.45, 7) is 4.25. The summed E-state index contributed by atoms with van der Waals surface area (Å²) in [5.41, 5.74) is -0.750. The van der Waals surface area contributed by atoms with Crippen LogP contribution in [0.1, 0.15) is 45.1 Å². The van der Waals surface area contributed by atoms with Crippen molar-refractivity contribution < 1.29 is 13.2 Å². The molecule has 1 aromatic rings. The molecule has 0 aliphatic heterocycles. The van der Waals surface area contributed by atoms with E-state index < -0.39 is 31.5 Å². The van der Waals surface area contributed by atoms with E-state index in [0.29, 0.717) is 0 Å². The molecule has 0 aromatic carbocycles. The van der Waals surface area contributed by atoms with Gasteiger partial charge in [0.15, 0.2) is 0 Å². The molecule has 0 bridgehead atoms. The predicted octanol–water partition coefficient (Wildman–Crippen LogP) is 5.06. The number of alkyl halides is 3. The topological polar surface area (TPSA) is 12.9 Å². The standard InChI is InChI=1S/C6H2ClF3N.2C4H9.Sn/c7-5-1-4(2-11-3-5)6(8,9)10;2*1-3-4-2;/h1-2H;2*1,3-4H2,2H3;. The zero-order chi connectivity index (χ0) is 15.2. The van der Waals surface area contributed by atoms with Gasteiger partial charge in [-0.3, -0.25) is 0 Å². The van der Waals surface area contributed by atoms with Crippen LogP contribution in [0.15, 0.2) is 12.3 Å². The van der Waals surface area contributed by atoms with Crippen molar-refractivity contribution in [1.82, 2.24) is 4.98 Å². The Morgan fingerprint density at radius 3 is 2.10 bits per heavy atom. The summed E-state index contributed by atoms with van der Waals surface area (Å²) in [6, 6.07) is 1.04. The molecule has 0 N–H and O–H groups in total. The fourth-order valence-electron chi connectivity index (χ4n) is 2.00. The average molecular weight is 413 g/mol. The maximum absolute atomic E-state index is 12.6. The number of unbranched alkanes of at least 4 members (excludes halogenated alkanes) is 2. The number of pyridine rings is 1. The van der Waals surface area contributed by atoms with E-state index in [4.69, 9.17) is 11.6 Å². The summed E-state index contributed by atoms with van der Waals surface area (Å²) in [5.74, 6) is 0. The van der Waals surface area contributed by atoms with E-state index in [1.807, 2.05) is 0 Å². The Bertz CT molecular complexity index is 415. The SMILES string of the molecule is CCC[CH2][Sn]([CH2]CCC)[c]1ncc(C(F)(F)F)cc1Cl. The maximum atomic E-state index is 12.6. The van der Waals surface area contributed by atoms with Crippen molar-refractivity contribution in [3.63, 3.8) is 0 Å². The van der Waals surface area contributed by atoms with Crippen molar-refractivity contribution in [2.45, 2.75) is 54.6 Å². The first-order chi connectivity index (χ1) is 9.40. The van der Waals surface area contributed by atoms with Gasteiger partial charge < -0.3 is 0 Å². The van der Waals surface area contributed by atoms with Crippen LogP contribution in [0.2, 0.25) is 13.9 Å². The van der Waals surface area contributed by atoms with Crippen LogP contribution in [-0.2, 0) is 6.18 Å². The Morgan fingerprint density at radius 1 is 1.15 bits per heavy atom. The second-order valence-corrected chi connectivity index (χ2v) is 12.9. The van der Waals surface area contributed by atoms with Gasteiger partial charge in [-0.2, -0.15) is 0 Å². The molecule has 6 heteroatoms. The van der Waals surface area contributed by atoms with E-state index >= 15 is 0 Å². The number of hydrogen-bond donors (Lipinski definition) is 0. The third-order valence-electron chi connectivity index (χ3n) is 3.17. The van der Waals surface area contributed by atoms with Crippen molar-refractivity contribution in [2.24, 2.45) is 0 Å². The van der Waals surface area contributed by atoms with Crippen LogP contribution in [0.25, 0.3) is 0 Å².